The molecule has 0 unspecified atom stereocenters. The van der Waals surface area contributed by atoms with Crippen molar-refractivity contribution in [2.24, 2.45) is 0 Å². The summed E-state index contributed by atoms with van der Waals surface area (Å²) in [6.45, 7) is 1.57. The monoisotopic (exact) mass is 302 g/mol. The van der Waals surface area contributed by atoms with E-state index >= 15 is 0 Å². The minimum Gasteiger partial charge on any atom is -0.352 e. The molecule has 2 N–H and O–H groups in total. The number of rotatable bonds is 5. The minimum absolute atomic E-state index is 0.0705. The van der Waals surface area contributed by atoms with Crippen LogP contribution in [-0.4, -0.2) is 26.0 Å². The van der Waals surface area contributed by atoms with Gasteiger partial charge in [0, 0.05) is 15.9 Å². The molecule has 1 amide bonds. The third kappa shape index (κ3) is 4.15. The molecule has 1 aromatic rings. The Morgan fingerprint density at radius 1 is 1.44 bits per heavy atom. The Bertz CT molecular complexity index is 371. The van der Waals surface area contributed by atoms with Crippen molar-refractivity contribution in [2.45, 2.75) is 11.3 Å². The van der Waals surface area contributed by atoms with Crippen LogP contribution in [0.1, 0.15) is 16.8 Å². The Labute approximate surface area is 110 Å². The van der Waals surface area contributed by atoms with Crippen LogP contribution in [-0.2, 0) is 0 Å². The molecule has 0 aliphatic heterocycles. The number of amides is 1. The summed E-state index contributed by atoms with van der Waals surface area (Å²) < 4.78 is 0.788. The first-order valence-electron chi connectivity index (χ1n) is 5.06. The van der Waals surface area contributed by atoms with Gasteiger partial charge in [-0.1, -0.05) is 0 Å². The van der Waals surface area contributed by atoms with Crippen LogP contribution >= 0.6 is 28.6 Å². The molecule has 88 valence electrons. The highest BCUT2D eigenvalue weighted by Gasteiger charge is 2.09. The smallest absolute Gasteiger partial charge is 0.252 e. The Kier molecular flexibility index (Phi) is 5.87. The molecule has 16 heavy (non-hydrogen) atoms. The Morgan fingerprint density at radius 2 is 2.19 bits per heavy atom. The fraction of sp³-hybridized carbons (Fsp3) is 0.364. The van der Waals surface area contributed by atoms with Crippen LogP contribution in [0.2, 0.25) is 0 Å². The van der Waals surface area contributed by atoms with Crippen molar-refractivity contribution < 1.29 is 4.79 Å². The lowest BCUT2D eigenvalue weighted by Crippen LogP contribution is -2.26. The van der Waals surface area contributed by atoms with Gasteiger partial charge in [-0.05, 0) is 54.1 Å². The van der Waals surface area contributed by atoms with Crippen molar-refractivity contribution in [2.75, 3.05) is 20.1 Å². The Hall–Kier alpha value is -0.520. The lowest BCUT2D eigenvalue weighted by atomic mass is 10.2. The molecule has 1 rings (SSSR count). The highest BCUT2D eigenvalue weighted by atomic mass is 79.9. The zero-order valence-electron chi connectivity index (χ0n) is 9.09. The molecule has 0 radical (unpaired) electrons. The zero-order valence-corrected chi connectivity index (χ0v) is 11.6. The van der Waals surface area contributed by atoms with E-state index in [4.69, 9.17) is 0 Å². The van der Waals surface area contributed by atoms with Gasteiger partial charge in [-0.2, -0.15) is 0 Å². The van der Waals surface area contributed by atoms with Gasteiger partial charge in [0.2, 0.25) is 0 Å². The normalized spacial score (nSPS) is 10.2. The van der Waals surface area contributed by atoms with Gasteiger partial charge in [0.05, 0.1) is 5.56 Å². The fourth-order valence-electron chi connectivity index (χ4n) is 1.25. The van der Waals surface area contributed by atoms with E-state index in [0.717, 1.165) is 22.3 Å². The highest BCUT2D eigenvalue weighted by molar-refractivity contribution is 9.10. The second-order valence-corrected chi connectivity index (χ2v) is 4.75. The van der Waals surface area contributed by atoms with Crippen LogP contribution in [0.5, 0.6) is 0 Å². The molecule has 0 aromatic heterocycles. The largest absolute Gasteiger partial charge is 0.352 e. The van der Waals surface area contributed by atoms with Gasteiger partial charge >= 0.3 is 0 Å². The molecule has 0 saturated heterocycles. The summed E-state index contributed by atoms with van der Waals surface area (Å²) in [5.41, 5.74) is 0.622. The quantitative estimate of drug-likeness (QED) is 0.576. The van der Waals surface area contributed by atoms with Crippen molar-refractivity contribution in [3.63, 3.8) is 0 Å². The summed E-state index contributed by atoms with van der Waals surface area (Å²) in [4.78, 5) is 12.6. The van der Waals surface area contributed by atoms with E-state index in [1.807, 2.05) is 19.2 Å². The van der Waals surface area contributed by atoms with E-state index in [-0.39, 0.29) is 5.91 Å². The number of nitrogens with one attached hydrogen (secondary N) is 2. The van der Waals surface area contributed by atoms with Crippen molar-refractivity contribution in [1.82, 2.24) is 10.6 Å². The van der Waals surface area contributed by atoms with Gasteiger partial charge in [-0.25, -0.2) is 0 Å². The molecule has 0 spiro atoms. The Balaban J connectivity index is 2.55. The molecule has 0 aliphatic carbocycles. The van der Waals surface area contributed by atoms with E-state index < -0.39 is 0 Å². The molecule has 0 fully saturated rings. The second-order valence-electron chi connectivity index (χ2n) is 3.38. The van der Waals surface area contributed by atoms with E-state index in [2.05, 4.69) is 39.2 Å². The summed E-state index contributed by atoms with van der Waals surface area (Å²) >= 11 is 7.56. The van der Waals surface area contributed by atoms with Crippen molar-refractivity contribution >= 4 is 34.5 Å². The maximum Gasteiger partial charge on any atom is 0.252 e. The van der Waals surface area contributed by atoms with Crippen LogP contribution in [0.15, 0.2) is 27.6 Å². The third-order valence-corrected chi connectivity index (χ3v) is 3.05. The SMILES string of the molecule is CNCCCNC(=O)c1cc(S)ccc1Br. The molecular weight excluding hydrogens is 288 g/mol. The van der Waals surface area contributed by atoms with Crippen molar-refractivity contribution in [1.29, 1.82) is 0 Å². The van der Waals surface area contributed by atoms with Crippen LogP contribution in [0.25, 0.3) is 0 Å². The predicted octanol–water partition coefficient (Wildman–Crippen LogP) is 2.08. The van der Waals surface area contributed by atoms with Gasteiger partial charge in [-0.15, -0.1) is 12.6 Å². The summed E-state index contributed by atoms with van der Waals surface area (Å²) in [7, 11) is 1.89. The number of carbonyl (C=O) groups is 1. The zero-order chi connectivity index (χ0) is 12.0. The van der Waals surface area contributed by atoms with Gasteiger partial charge in [0.25, 0.3) is 5.91 Å². The van der Waals surface area contributed by atoms with Crippen LogP contribution in [0.4, 0.5) is 0 Å². The van der Waals surface area contributed by atoms with Crippen LogP contribution < -0.4 is 10.6 Å². The predicted molar refractivity (Wildman–Crippen MR) is 72.3 cm³/mol. The number of carbonyl (C=O) groups excluding carboxylic acids is 1. The van der Waals surface area contributed by atoms with E-state index in [1.165, 1.54) is 0 Å². The first-order chi connectivity index (χ1) is 7.65. The maximum absolute atomic E-state index is 11.8. The van der Waals surface area contributed by atoms with Crippen molar-refractivity contribution in [3.05, 3.63) is 28.2 Å². The number of benzene rings is 1. The lowest BCUT2D eigenvalue weighted by molar-refractivity contribution is 0.0952. The number of halogens is 1. The number of thiol groups is 1. The topological polar surface area (TPSA) is 41.1 Å². The molecule has 5 heteroatoms. The molecule has 3 nitrogen and oxygen atoms in total. The average Bonchev–Trinajstić information content (AvgIpc) is 2.27. The summed E-state index contributed by atoms with van der Waals surface area (Å²) in [6.07, 6.45) is 0.917. The summed E-state index contributed by atoms with van der Waals surface area (Å²) in [6, 6.07) is 5.41. The van der Waals surface area contributed by atoms with Gasteiger partial charge in [-0.3, -0.25) is 4.79 Å². The minimum atomic E-state index is -0.0705. The van der Waals surface area contributed by atoms with Crippen LogP contribution in [0, 0.1) is 0 Å². The van der Waals surface area contributed by atoms with E-state index in [1.54, 1.807) is 6.07 Å². The molecule has 0 heterocycles. The molecular formula is C11H15BrN2OS. The van der Waals surface area contributed by atoms with E-state index in [9.17, 15) is 4.79 Å². The second kappa shape index (κ2) is 6.93. The van der Waals surface area contributed by atoms with Gasteiger partial charge in [0.1, 0.15) is 0 Å². The number of hydrogen-bond donors (Lipinski definition) is 3. The average molecular weight is 303 g/mol. The molecule has 1 aromatic carbocycles. The molecule has 0 aliphatic rings. The standard InChI is InChI=1S/C11H15BrN2OS/c1-13-5-2-6-14-11(15)9-7-8(16)3-4-10(9)12/h3-4,7,13,16H,2,5-6H2,1H3,(H,14,15). The van der Waals surface area contributed by atoms with Crippen LogP contribution in [0.3, 0.4) is 0 Å². The highest BCUT2D eigenvalue weighted by Crippen LogP contribution is 2.19. The van der Waals surface area contributed by atoms with E-state index in [0.29, 0.717) is 12.1 Å². The fourth-order valence-corrected chi connectivity index (χ4v) is 1.88. The summed E-state index contributed by atoms with van der Waals surface area (Å²) in [5, 5.41) is 5.89. The molecule has 0 saturated carbocycles. The Morgan fingerprint density at radius 3 is 2.88 bits per heavy atom. The summed E-state index contributed by atoms with van der Waals surface area (Å²) in [5.74, 6) is -0.0705. The third-order valence-electron chi connectivity index (χ3n) is 2.08. The first-order valence-corrected chi connectivity index (χ1v) is 6.30. The maximum atomic E-state index is 11.8. The lowest BCUT2D eigenvalue weighted by Gasteiger charge is -2.07. The molecule has 0 bridgehead atoms. The van der Waals surface area contributed by atoms with Crippen molar-refractivity contribution in [3.8, 4) is 0 Å². The number of hydrogen-bond acceptors (Lipinski definition) is 3. The van der Waals surface area contributed by atoms with Gasteiger partial charge in [0.15, 0.2) is 0 Å². The van der Waals surface area contributed by atoms with Gasteiger partial charge < -0.3 is 10.6 Å². The first kappa shape index (κ1) is 13.5. The molecule has 0 atom stereocenters.